The fraction of sp³-hybridized carbons (Fsp3) is 0.200. The molecule has 0 fully saturated rings. The zero-order valence-corrected chi connectivity index (χ0v) is 12.2. The van der Waals surface area contributed by atoms with Crippen molar-refractivity contribution in [1.82, 2.24) is 0 Å². The summed E-state index contributed by atoms with van der Waals surface area (Å²) in [7, 11) is 1.70. The second-order valence-electron chi connectivity index (χ2n) is 4.41. The third kappa shape index (κ3) is 3.30. The van der Waals surface area contributed by atoms with Crippen LogP contribution in [0.3, 0.4) is 0 Å². The van der Waals surface area contributed by atoms with Crippen molar-refractivity contribution in [2.24, 2.45) is 0 Å². The summed E-state index contributed by atoms with van der Waals surface area (Å²) in [6, 6.07) is 13.4. The Labute approximate surface area is 122 Å². The van der Waals surface area contributed by atoms with Crippen molar-refractivity contribution in [2.45, 2.75) is 17.6 Å². The molecule has 0 heterocycles. The lowest BCUT2D eigenvalue weighted by atomic mass is 10.2. The Balaban J connectivity index is 2.15. The normalized spacial score (nSPS) is 10.3. The van der Waals surface area contributed by atoms with Crippen LogP contribution in [-0.2, 0) is 5.75 Å². The molecule has 0 aliphatic rings. The maximum Gasteiger partial charge on any atom is 0.292 e. The van der Waals surface area contributed by atoms with E-state index in [0.29, 0.717) is 5.69 Å². The summed E-state index contributed by atoms with van der Waals surface area (Å²) in [5.74, 6) is 0.789. The molecule has 0 unspecified atom stereocenters. The van der Waals surface area contributed by atoms with Gasteiger partial charge in [-0.2, -0.15) is 0 Å². The van der Waals surface area contributed by atoms with Crippen LogP contribution in [0.5, 0.6) is 0 Å². The van der Waals surface area contributed by atoms with E-state index in [0.717, 1.165) is 11.3 Å². The van der Waals surface area contributed by atoms with Crippen molar-refractivity contribution in [1.29, 1.82) is 0 Å². The van der Waals surface area contributed by atoms with E-state index in [1.165, 1.54) is 10.5 Å². The molecule has 0 aromatic heterocycles. The molecule has 0 atom stereocenters. The highest BCUT2D eigenvalue weighted by Gasteiger charge is 2.12. The number of nitro benzene ring substituents is 1. The van der Waals surface area contributed by atoms with Crippen LogP contribution in [-0.4, -0.2) is 12.0 Å². The van der Waals surface area contributed by atoms with Gasteiger partial charge < -0.3 is 5.32 Å². The average Bonchev–Trinajstić information content (AvgIpc) is 2.46. The van der Waals surface area contributed by atoms with Crippen LogP contribution in [0.2, 0.25) is 0 Å². The molecule has 0 radical (unpaired) electrons. The largest absolute Gasteiger partial charge is 0.383 e. The second-order valence-corrected chi connectivity index (χ2v) is 5.43. The zero-order chi connectivity index (χ0) is 14.5. The van der Waals surface area contributed by atoms with Gasteiger partial charge in [-0.15, -0.1) is 11.8 Å². The van der Waals surface area contributed by atoms with Gasteiger partial charge in [0.2, 0.25) is 0 Å². The molecule has 0 aliphatic heterocycles. The van der Waals surface area contributed by atoms with Crippen LogP contribution < -0.4 is 5.32 Å². The summed E-state index contributed by atoms with van der Waals surface area (Å²) in [6.07, 6.45) is 0. The van der Waals surface area contributed by atoms with Gasteiger partial charge in [-0.25, -0.2) is 0 Å². The number of nitrogens with zero attached hydrogens (tertiary/aromatic N) is 1. The molecule has 0 aliphatic carbocycles. The lowest BCUT2D eigenvalue weighted by molar-refractivity contribution is -0.383. The van der Waals surface area contributed by atoms with Gasteiger partial charge in [0.15, 0.2) is 0 Å². The lowest BCUT2D eigenvalue weighted by Gasteiger charge is -2.07. The molecule has 104 valence electrons. The minimum absolute atomic E-state index is 0.108. The Kier molecular flexibility index (Phi) is 4.63. The van der Waals surface area contributed by atoms with E-state index in [-0.39, 0.29) is 10.6 Å². The zero-order valence-electron chi connectivity index (χ0n) is 11.4. The van der Waals surface area contributed by atoms with Gasteiger partial charge >= 0.3 is 0 Å². The SMILES string of the molecule is CNc1cc(CSc2ccccc2C)ccc1[N+](=O)[O-]. The first kappa shape index (κ1) is 14.4. The number of benzene rings is 2. The molecule has 0 saturated carbocycles. The molecular formula is C15H16N2O2S. The predicted octanol–water partition coefficient (Wildman–Crippen LogP) is 4.24. The maximum absolute atomic E-state index is 10.9. The summed E-state index contributed by atoms with van der Waals surface area (Å²) in [5, 5.41) is 13.8. The van der Waals surface area contributed by atoms with Crippen LogP contribution in [0.4, 0.5) is 11.4 Å². The van der Waals surface area contributed by atoms with Crippen molar-refractivity contribution in [3.8, 4) is 0 Å². The number of anilines is 1. The number of aryl methyl sites for hydroxylation is 1. The molecule has 2 aromatic rings. The molecule has 0 spiro atoms. The minimum atomic E-state index is -0.371. The smallest absolute Gasteiger partial charge is 0.292 e. The molecule has 1 N–H and O–H groups in total. The Hall–Kier alpha value is -2.01. The van der Waals surface area contributed by atoms with Crippen LogP contribution in [0.15, 0.2) is 47.4 Å². The van der Waals surface area contributed by atoms with Gasteiger partial charge in [-0.1, -0.05) is 24.3 Å². The summed E-state index contributed by atoms with van der Waals surface area (Å²) in [6.45, 7) is 2.08. The second kappa shape index (κ2) is 6.43. The standard InChI is InChI=1S/C15H16N2O2S/c1-11-5-3-4-6-15(11)20-10-12-7-8-14(17(18)19)13(9-12)16-2/h3-9,16H,10H2,1-2H3. The highest BCUT2D eigenvalue weighted by molar-refractivity contribution is 7.98. The molecule has 0 amide bonds. The molecule has 0 bridgehead atoms. The Bertz CT molecular complexity index is 629. The third-order valence-electron chi connectivity index (χ3n) is 3.01. The summed E-state index contributed by atoms with van der Waals surface area (Å²) in [4.78, 5) is 11.7. The maximum atomic E-state index is 10.9. The van der Waals surface area contributed by atoms with Gasteiger partial charge in [-0.05, 0) is 30.2 Å². The number of hydrogen-bond donors (Lipinski definition) is 1. The van der Waals surface area contributed by atoms with E-state index in [1.54, 1.807) is 24.9 Å². The van der Waals surface area contributed by atoms with Gasteiger partial charge in [0.25, 0.3) is 5.69 Å². The quantitative estimate of drug-likeness (QED) is 0.508. The van der Waals surface area contributed by atoms with E-state index >= 15 is 0 Å². The fourth-order valence-electron chi connectivity index (χ4n) is 1.91. The third-order valence-corrected chi connectivity index (χ3v) is 4.26. The first-order valence-electron chi connectivity index (χ1n) is 6.25. The number of hydrogen-bond acceptors (Lipinski definition) is 4. The van der Waals surface area contributed by atoms with E-state index in [1.807, 2.05) is 24.3 Å². The molecule has 4 nitrogen and oxygen atoms in total. The van der Waals surface area contributed by atoms with Crippen LogP contribution in [0.1, 0.15) is 11.1 Å². The predicted molar refractivity (Wildman–Crippen MR) is 83.4 cm³/mol. The molecule has 0 saturated heterocycles. The fourth-order valence-corrected chi connectivity index (χ4v) is 2.88. The highest BCUT2D eigenvalue weighted by atomic mass is 32.2. The Morgan fingerprint density at radius 1 is 1.25 bits per heavy atom. The average molecular weight is 288 g/mol. The minimum Gasteiger partial charge on any atom is -0.383 e. The molecule has 20 heavy (non-hydrogen) atoms. The molecular weight excluding hydrogens is 272 g/mol. The number of thioether (sulfide) groups is 1. The van der Waals surface area contributed by atoms with E-state index in [9.17, 15) is 10.1 Å². The number of rotatable bonds is 5. The van der Waals surface area contributed by atoms with Crippen LogP contribution in [0, 0.1) is 17.0 Å². The van der Waals surface area contributed by atoms with E-state index < -0.39 is 0 Å². The van der Waals surface area contributed by atoms with Gasteiger partial charge in [0.1, 0.15) is 5.69 Å². The Morgan fingerprint density at radius 2 is 2.00 bits per heavy atom. The van der Waals surface area contributed by atoms with Gasteiger partial charge in [-0.3, -0.25) is 10.1 Å². The topological polar surface area (TPSA) is 55.2 Å². The highest BCUT2D eigenvalue weighted by Crippen LogP contribution is 2.30. The van der Waals surface area contributed by atoms with Crippen LogP contribution >= 0.6 is 11.8 Å². The summed E-state index contributed by atoms with van der Waals surface area (Å²) >= 11 is 1.74. The Morgan fingerprint density at radius 3 is 2.65 bits per heavy atom. The first-order valence-corrected chi connectivity index (χ1v) is 7.24. The monoisotopic (exact) mass is 288 g/mol. The lowest BCUT2D eigenvalue weighted by Crippen LogP contribution is -1.97. The molecule has 5 heteroatoms. The van der Waals surface area contributed by atoms with Crippen LogP contribution in [0.25, 0.3) is 0 Å². The molecule has 2 rings (SSSR count). The first-order chi connectivity index (χ1) is 9.61. The van der Waals surface area contributed by atoms with Crippen molar-refractivity contribution in [2.75, 3.05) is 12.4 Å². The van der Waals surface area contributed by atoms with Gasteiger partial charge in [0.05, 0.1) is 4.92 Å². The molecule has 2 aromatic carbocycles. The van der Waals surface area contributed by atoms with Crippen molar-refractivity contribution >= 4 is 23.1 Å². The summed E-state index contributed by atoms with van der Waals surface area (Å²) < 4.78 is 0. The van der Waals surface area contributed by atoms with Gasteiger partial charge in [0, 0.05) is 23.8 Å². The van der Waals surface area contributed by atoms with E-state index in [4.69, 9.17) is 0 Å². The van der Waals surface area contributed by atoms with Crippen molar-refractivity contribution < 1.29 is 4.92 Å². The number of nitro groups is 1. The summed E-state index contributed by atoms with van der Waals surface area (Å²) in [5.41, 5.74) is 2.97. The van der Waals surface area contributed by atoms with Crippen molar-refractivity contribution in [3.63, 3.8) is 0 Å². The van der Waals surface area contributed by atoms with Crippen molar-refractivity contribution in [3.05, 3.63) is 63.7 Å². The number of nitrogens with one attached hydrogen (secondary N) is 1. The van der Waals surface area contributed by atoms with E-state index in [2.05, 4.69) is 24.4 Å².